The van der Waals surface area contributed by atoms with Gasteiger partial charge in [-0.15, -0.1) is 0 Å². The fourth-order valence-corrected chi connectivity index (χ4v) is 3.33. The average Bonchev–Trinajstić information content (AvgIpc) is 2.53. The molecule has 2 rings (SSSR count). The lowest BCUT2D eigenvalue weighted by molar-refractivity contribution is -0.0739. The maximum Gasteiger partial charge on any atom is 0.105 e. The van der Waals surface area contributed by atoms with Crippen molar-refractivity contribution >= 4 is 0 Å². The van der Waals surface area contributed by atoms with Gasteiger partial charge in [-0.1, -0.05) is 50.5 Å². The molecule has 1 aromatic carbocycles. The van der Waals surface area contributed by atoms with Crippen LogP contribution in [0.2, 0.25) is 0 Å². The number of ether oxygens (including phenoxy) is 1. The van der Waals surface area contributed by atoms with Gasteiger partial charge in [0.25, 0.3) is 0 Å². The molecule has 1 N–H and O–H groups in total. The van der Waals surface area contributed by atoms with Gasteiger partial charge < -0.3 is 9.84 Å². The molecule has 1 aromatic rings. The molecular formula is C18H28O2. The number of hydrogen-bond donors (Lipinski definition) is 1. The molecule has 0 heterocycles. The maximum atomic E-state index is 10.8. The molecule has 1 aliphatic rings. The van der Waals surface area contributed by atoms with Gasteiger partial charge >= 0.3 is 0 Å². The van der Waals surface area contributed by atoms with Crippen molar-refractivity contribution in [3.8, 4) is 0 Å². The van der Waals surface area contributed by atoms with Gasteiger partial charge in [0.05, 0.1) is 6.10 Å². The summed E-state index contributed by atoms with van der Waals surface area (Å²) in [5.74, 6) is 0.504. The lowest BCUT2D eigenvalue weighted by Crippen LogP contribution is -2.32. The van der Waals surface area contributed by atoms with Crippen LogP contribution in [0.25, 0.3) is 0 Å². The maximum absolute atomic E-state index is 10.8. The number of aliphatic hydroxyl groups excluding tert-OH is 1. The van der Waals surface area contributed by atoms with Crippen LogP contribution >= 0.6 is 0 Å². The molecular weight excluding hydrogens is 248 g/mol. The predicted molar refractivity (Wildman–Crippen MR) is 82.8 cm³/mol. The Kier molecular flexibility index (Phi) is 6.06. The molecule has 1 aliphatic carbocycles. The van der Waals surface area contributed by atoms with E-state index in [4.69, 9.17) is 4.74 Å². The van der Waals surface area contributed by atoms with Crippen LogP contribution in [-0.2, 0) is 11.2 Å². The Labute approximate surface area is 123 Å². The van der Waals surface area contributed by atoms with Crippen molar-refractivity contribution in [3.63, 3.8) is 0 Å². The van der Waals surface area contributed by atoms with Crippen LogP contribution in [0.3, 0.4) is 0 Å². The topological polar surface area (TPSA) is 29.5 Å². The molecule has 2 atom stereocenters. The third-order valence-electron chi connectivity index (χ3n) is 4.49. The summed E-state index contributed by atoms with van der Waals surface area (Å²) in [6.07, 6.45) is 6.72. The van der Waals surface area contributed by atoms with E-state index in [0.717, 1.165) is 12.0 Å². The Morgan fingerprint density at radius 1 is 1.20 bits per heavy atom. The Hall–Kier alpha value is -0.860. The van der Waals surface area contributed by atoms with Gasteiger partial charge in [-0.05, 0) is 43.2 Å². The van der Waals surface area contributed by atoms with Crippen LogP contribution in [0.1, 0.15) is 63.2 Å². The van der Waals surface area contributed by atoms with Crippen LogP contribution in [0.15, 0.2) is 24.3 Å². The van der Waals surface area contributed by atoms with Gasteiger partial charge in [0.2, 0.25) is 0 Å². The Balaban J connectivity index is 2.14. The molecule has 0 saturated heterocycles. The zero-order valence-corrected chi connectivity index (χ0v) is 12.8. The molecule has 2 nitrogen and oxygen atoms in total. The standard InChI is InChI=1S/C18H28O2/c1-3-14-9-8-12-16(13-14)17(19)18(20-4-2)15-10-6-5-7-11-15/h8-9,12-13,15,17-19H,3-7,10-11H2,1-2H3. The lowest BCUT2D eigenvalue weighted by atomic mass is 9.81. The molecule has 2 heteroatoms. The summed E-state index contributed by atoms with van der Waals surface area (Å²) in [5.41, 5.74) is 2.29. The van der Waals surface area contributed by atoms with Crippen LogP contribution in [0, 0.1) is 5.92 Å². The van der Waals surface area contributed by atoms with E-state index >= 15 is 0 Å². The van der Waals surface area contributed by atoms with Crippen LogP contribution < -0.4 is 0 Å². The largest absolute Gasteiger partial charge is 0.386 e. The number of aliphatic hydroxyl groups is 1. The Morgan fingerprint density at radius 3 is 2.60 bits per heavy atom. The van der Waals surface area contributed by atoms with Crippen LogP contribution in [0.5, 0.6) is 0 Å². The first kappa shape index (κ1) is 15.5. The third-order valence-corrected chi connectivity index (χ3v) is 4.49. The van der Waals surface area contributed by atoms with E-state index < -0.39 is 6.10 Å². The van der Waals surface area contributed by atoms with Crippen molar-refractivity contribution in [3.05, 3.63) is 35.4 Å². The first-order valence-electron chi connectivity index (χ1n) is 8.14. The predicted octanol–water partition coefficient (Wildman–Crippen LogP) is 4.27. The van der Waals surface area contributed by atoms with E-state index in [2.05, 4.69) is 19.1 Å². The highest BCUT2D eigenvalue weighted by molar-refractivity contribution is 5.26. The van der Waals surface area contributed by atoms with Gasteiger partial charge in [-0.3, -0.25) is 0 Å². The van der Waals surface area contributed by atoms with Crippen molar-refractivity contribution in [2.24, 2.45) is 5.92 Å². The van der Waals surface area contributed by atoms with E-state index in [0.29, 0.717) is 12.5 Å². The Bertz CT molecular complexity index is 396. The average molecular weight is 276 g/mol. The van der Waals surface area contributed by atoms with E-state index in [1.165, 1.54) is 37.7 Å². The second-order valence-corrected chi connectivity index (χ2v) is 5.86. The summed E-state index contributed by atoms with van der Waals surface area (Å²) >= 11 is 0. The highest BCUT2D eigenvalue weighted by atomic mass is 16.5. The van der Waals surface area contributed by atoms with Crippen molar-refractivity contribution in [2.45, 2.75) is 64.6 Å². The zero-order valence-electron chi connectivity index (χ0n) is 12.8. The van der Waals surface area contributed by atoms with E-state index in [9.17, 15) is 5.11 Å². The van der Waals surface area contributed by atoms with Gasteiger partial charge in [0.1, 0.15) is 6.10 Å². The van der Waals surface area contributed by atoms with Crippen molar-refractivity contribution in [1.29, 1.82) is 0 Å². The first-order valence-corrected chi connectivity index (χ1v) is 8.14. The minimum Gasteiger partial charge on any atom is -0.386 e. The van der Waals surface area contributed by atoms with Crippen molar-refractivity contribution in [2.75, 3.05) is 6.61 Å². The normalized spacial score (nSPS) is 19.8. The second-order valence-electron chi connectivity index (χ2n) is 5.86. The van der Waals surface area contributed by atoms with Gasteiger partial charge in [-0.25, -0.2) is 0 Å². The van der Waals surface area contributed by atoms with Crippen molar-refractivity contribution in [1.82, 2.24) is 0 Å². The Morgan fingerprint density at radius 2 is 1.95 bits per heavy atom. The van der Waals surface area contributed by atoms with Crippen molar-refractivity contribution < 1.29 is 9.84 Å². The minimum atomic E-state index is -0.496. The molecule has 2 unspecified atom stereocenters. The second kappa shape index (κ2) is 7.80. The fraction of sp³-hybridized carbons (Fsp3) is 0.667. The number of rotatable bonds is 6. The summed E-state index contributed by atoms with van der Waals surface area (Å²) in [6, 6.07) is 8.31. The summed E-state index contributed by atoms with van der Waals surface area (Å²) in [6.45, 7) is 4.84. The van der Waals surface area contributed by atoms with Gasteiger partial charge in [0, 0.05) is 6.61 Å². The summed E-state index contributed by atoms with van der Waals surface area (Å²) in [7, 11) is 0. The zero-order chi connectivity index (χ0) is 14.4. The quantitative estimate of drug-likeness (QED) is 0.841. The molecule has 0 radical (unpaired) electrons. The van der Waals surface area contributed by atoms with E-state index in [1.807, 2.05) is 19.1 Å². The molecule has 112 valence electrons. The SMILES string of the molecule is CCOC(C1CCCCC1)C(O)c1cccc(CC)c1. The summed E-state index contributed by atoms with van der Waals surface area (Å²) in [4.78, 5) is 0. The third kappa shape index (κ3) is 3.83. The molecule has 0 amide bonds. The summed E-state index contributed by atoms with van der Waals surface area (Å²) in [5, 5.41) is 10.8. The fourth-order valence-electron chi connectivity index (χ4n) is 3.33. The highest BCUT2D eigenvalue weighted by Crippen LogP contribution is 2.34. The van der Waals surface area contributed by atoms with Crippen LogP contribution in [0.4, 0.5) is 0 Å². The molecule has 0 spiro atoms. The van der Waals surface area contributed by atoms with E-state index in [-0.39, 0.29) is 6.10 Å². The molecule has 0 aromatic heterocycles. The molecule has 0 aliphatic heterocycles. The number of aryl methyl sites for hydroxylation is 1. The van der Waals surface area contributed by atoms with E-state index in [1.54, 1.807) is 0 Å². The monoisotopic (exact) mass is 276 g/mol. The van der Waals surface area contributed by atoms with Crippen LogP contribution in [-0.4, -0.2) is 17.8 Å². The molecule has 1 saturated carbocycles. The highest BCUT2D eigenvalue weighted by Gasteiger charge is 2.31. The molecule has 1 fully saturated rings. The smallest absolute Gasteiger partial charge is 0.105 e. The van der Waals surface area contributed by atoms with Gasteiger partial charge in [0.15, 0.2) is 0 Å². The van der Waals surface area contributed by atoms with Gasteiger partial charge in [-0.2, -0.15) is 0 Å². The first-order chi connectivity index (χ1) is 9.76. The minimum absolute atomic E-state index is 0.0487. The molecule has 0 bridgehead atoms. The molecule has 20 heavy (non-hydrogen) atoms. The number of benzene rings is 1. The summed E-state index contributed by atoms with van der Waals surface area (Å²) < 4.78 is 5.92. The number of hydrogen-bond acceptors (Lipinski definition) is 2. The lowest BCUT2D eigenvalue weighted by Gasteiger charge is -2.33.